The molecular weight excluding hydrogens is 300 g/mol. The van der Waals surface area contributed by atoms with Gasteiger partial charge in [-0.3, -0.25) is 4.57 Å². The number of imidazole rings is 1. The van der Waals surface area contributed by atoms with Crippen molar-refractivity contribution in [3.05, 3.63) is 44.7 Å². The average molecular weight is 311 g/mol. The largest absolute Gasteiger partial charge is 0.478 e. The molecule has 0 atom stereocenters. The molecular formula is C12H11ClN4O4. The van der Waals surface area contributed by atoms with Gasteiger partial charge in [0.05, 0.1) is 10.6 Å². The molecule has 0 saturated carbocycles. The van der Waals surface area contributed by atoms with E-state index in [2.05, 4.69) is 10.3 Å². The fourth-order valence-corrected chi connectivity index (χ4v) is 1.96. The highest BCUT2D eigenvalue weighted by Crippen LogP contribution is 2.29. The fraction of sp³-hybridized carbons (Fsp3) is 0.167. The summed E-state index contributed by atoms with van der Waals surface area (Å²) < 4.78 is 1.51. The van der Waals surface area contributed by atoms with Crippen molar-refractivity contribution in [3.63, 3.8) is 0 Å². The van der Waals surface area contributed by atoms with E-state index in [4.69, 9.17) is 16.7 Å². The Morgan fingerprint density at radius 1 is 1.52 bits per heavy atom. The van der Waals surface area contributed by atoms with Gasteiger partial charge in [0.15, 0.2) is 0 Å². The molecule has 0 amide bonds. The fourth-order valence-electron chi connectivity index (χ4n) is 1.76. The van der Waals surface area contributed by atoms with Crippen molar-refractivity contribution in [2.24, 2.45) is 7.05 Å². The molecule has 1 aromatic carbocycles. The van der Waals surface area contributed by atoms with Gasteiger partial charge in [-0.1, -0.05) is 11.6 Å². The van der Waals surface area contributed by atoms with E-state index in [0.717, 1.165) is 0 Å². The number of halogens is 1. The van der Waals surface area contributed by atoms with Crippen LogP contribution in [0.2, 0.25) is 5.02 Å². The number of nitrogens with one attached hydrogen (secondary N) is 1. The Morgan fingerprint density at radius 2 is 2.19 bits per heavy atom. The summed E-state index contributed by atoms with van der Waals surface area (Å²) in [5.74, 6) is -0.894. The first-order valence-electron chi connectivity index (χ1n) is 5.79. The number of rotatable bonds is 4. The van der Waals surface area contributed by atoms with Gasteiger partial charge in [0.25, 0.3) is 0 Å². The molecule has 2 aromatic rings. The van der Waals surface area contributed by atoms with Gasteiger partial charge < -0.3 is 20.5 Å². The Hall–Kier alpha value is -2.61. The third kappa shape index (κ3) is 2.79. The predicted octanol–water partition coefficient (Wildman–Crippen LogP) is 2.73. The molecule has 0 aliphatic carbocycles. The highest BCUT2D eigenvalue weighted by atomic mass is 35.5. The van der Waals surface area contributed by atoms with E-state index in [9.17, 15) is 14.9 Å². The van der Waals surface area contributed by atoms with E-state index in [1.807, 2.05) is 0 Å². The van der Waals surface area contributed by atoms with Crippen molar-refractivity contribution in [3.8, 4) is 0 Å². The molecule has 0 radical (unpaired) electrons. The SMILES string of the molecule is Cc1nc([N+](=O)[O-])c(Nc2ccc(Cl)c(C(=O)O)c2)n1C. The van der Waals surface area contributed by atoms with Crippen molar-refractivity contribution >= 4 is 34.9 Å². The topological polar surface area (TPSA) is 110 Å². The molecule has 0 bridgehead atoms. The van der Waals surface area contributed by atoms with E-state index >= 15 is 0 Å². The van der Waals surface area contributed by atoms with Gasteiger partial charge in [-0.15, -0.1) is 0 Å². The third-order valence-corrected chi connectivity index (χ3v) is 3.26. The molecule has 2 N–H and O–H groups in total. The summed E-state index contributed by atoms with van der Waals surface area (Å²) in [4.78, 5) is 25.2. The number of carbonyl (C=O) groups is 1. The zero-order chi connectivity index (χ0) is 15.7. The predicted molar refractivity (Wildman–Crippen MR) is 76.3 cm³/mol. The third-order valence-electron chi connectivity index (χ3n) is 2.93. The normalized spacial score (nSPS) is 10.4. The van der Waals surface area contributed by atoms with Gasteiger partial charge in [-0.25, -0.2) is 4.79 Å². The Balaban J connectivity index is 2.46. The van der Waals surface area contributed by atoms with Crippen LogP contribution in [0.4, 0.5) is 17.3 Å². The summed E-state index contributed by atoms with van der Waals surface area (Å²) in [6, 6.07) is 4.24. The maximum Gasteiger partial charge on any atom is 0.407 e. The first-order valence-corrected chi connectivity index (χ1v) is 6.16. The first-order chi connectivity index (χ1) is 9.81. The summed E-state index contributed by atoms with van der Waals surface area (Å²) in [7, 11) is 1.62. The molecule has 9 heteroatoms. The Kier molecular flexibility index (Phi) is 3.81. The molecule has 1 aromatic heterocycles. The number of aromatic nitrogens is 2. The van der Waals surface area contributed by atoms with Gasteiger partial charge in [0.2, 0.25) is 11.6 Å². The summed E-state index contributed by atoms with van der Waals surface area (Å²) in [5.41, 5.74) is 0.270. The molecule has 0 spiro atoms. The van der Waals surface area contributed by atoms with Gasteiger partial charge in [-0.05, 0) is 28.1 Å². The van der Waals surface area contributed by atoms with E-state index < -0.39 is 10.9 Å². The van der Waals surface area contributed by atoms with Crippen molar-refractivity contribution in [1.29, 1.82) is 0 Å². The maximum absolute atomic E-state index is 11.0. The minimum atomic E-state index is -1.18. The van der Waals surface area contributed by atoms with Crippen molar-refractivity contribution < 1.29 is 14.8 Å². The van der Waals surface area contributed by atoms with E-state index in [1.54, 1.807) is 14.0 Å². The molecule has 0 saturated heterocycles. The number of hydrogen-bond donors (Lipinski definition) is 2. The lowest BCUT2D eigenvalue weighted by molar-refractivity contribution is -0.388. The van der Waals surface area contributed by atoms with Crippen LogP contribution < -0.4 is 5.32 Å². The first kappa shape index (κ1) is 14.8. The molecule has 0 aliphatic heterocycles. The highest BCUT2D eigenvalue weighted by Gasteiger charge is 2.24. The van der Waals surface area contributed by atoms with E-state index in [0.29, 0.717) is 11.5 Å². The lowest BCUT2D eigenvalue weighted by Gasteiger charge is -2.08. The number of aromatic carboxylic acids is 1. The number of aryl methyl sites for hydroxylation is 1. The Morgan fingerprint density at radius 3 is 2.76 bits per heavy atom. The van der Waals surface area contributed by atoms with E-state index in [-0.39, 0.29) is 22.2 Å². The molecule has 0 unspecified atom stereocenters. The van der Waals surface area contributed by atoms with Crippen molar-refractivity contribution in [2.45, 2.75) is 6.92 Å². The van der Waals surface area contributed by atoms with Gasteiger partial charge in [-0.2, -0.15) is 0 Å². The molecule has 1 heterocycles. The number of hydrogen-bond acceptors (Lipinski definition) is 5. The number of benzene rings is 1. The molecule has 21 heavy (non-hydrogen) atoms. The zero-order valence-electron chi connectivity index (χ0n) is 11.1. The number of carboxylic acid groups (broad SMARTS) is 1. The monoisotopic (exact) mass is 310 g/mol. The standard InChI is InChI=1S/C12H11ClN4O4/c1-6-14-11(17(20)21)10(16(6)2)15-7-3-4-9(13)8(5-7)12(18)19/h3-5,15H,1-2H3,(H,18,19). The van der Waals surface area contributed by atoms with Gasteiger partial charge in [0, 0.05) is 19.7 Å². The van der Waals surface area contributed by atoms with Crippen LogP contribution in [0, 0.1) is 17.0 Å². The summed E-state index contributed by atoms with van der Waals surface area (Å²) in [6.45, 7) is 1.63. The second-order valence-corrected chi connectivity index (χ2v) is 4.68. The van der Waals surface area contributed by atoms with Crippen LogP contribution in [0.15, 0.2) is 18.2 Å². The molecule has 110 valence electrons. The summed E-state index contributed by atoms with van der Waals surface area (Å²) >= 11 is 5.78. The number of nitrogens with zero attached hydrogens (tertiary/aromatic N) is 3. The molecule has 0 aliphatic rings. The quantitative estimate of drug-likeness (QED) is 0.663. The lowest BCUT2D eigenvalue weighted by atomic mass is 10.2. The molecule has 2 rings (SSSR count). The van der Waals surface area contributed by atoms with Crippen LogP contribution in [-0.4, -0.2) is 25.6 Å². The van der Waals surface area contributed by atoms with Gasteiger partial charge >= 0.3 is 11.8 Å². The van der Waals surface area contributed by atoms with Crippen LogP contribution in [0.25, 0.3) is 0 Å². The zero-order valence-corrected chi connectivity index (χ0v) is 11.9. The van der Waals surface area contributed by atoms with E-state index in [1.165, 1.54) is 22.8 Å². The van der Waals surface area contributed by atoms with Crippen LogP contribution >= 0.6 is 11.6 Å². The minimum Gasteiger partial charge on any atom is -0.478 e. The second kappa shape index (κ2) is 5.41. The van der Waals surface area contributed by atoms with Crippen molar-refractivity contribution in [1.82, 2.24) is 9.55 Å². The van der Waals surface area contributed by atoms with Crippen LogP contribution in [0.5, 0.6) is 0 Å². The summed E-state index contributed by atoms with van der Waals surface area (Å²) in [6.07, 6.45) is 0. The Labute approximate surface area is 124 Å². The molecule has 8 nitrogen and oxygen atoms in total. The van der Waals surface area contributed by atoms with Crippen LogP contribution in [0.1, 0.15) is 16.2 Å². The van der Waals surface area contributed by atoms with Crippen molar-refractivity contribution in [2.75, 3.05) is 5.32 Å². The number of anilines is 2. The second-order valence-electron chi connectivity index (χ2n) is 4.27. The molecule has 0 fully saturated rings. The lowest BCUT2D eigenvalue weighted by Crippen LogP contribution is -2.03. The summed E-state index contributed by atoms with van der Waals surface area (Å²) in [5, 5.41) is 22.9. The average Bonchev–Trinajstić information content (AvgIpc) is 2.69. The number of carboxylic acids is 1. The Bertz CT molecular complexity index is 741. The smallest absolute Gasteiger partial charge is 0.407 e. The van der Waals surface area contributed by atoms with Gasteiger partial charge in [0.1, 0.15) is 0 Å². The maximum atomic E-state index is 11.0. The minimum absolute atomic E-state index is 0.0868. The number of nitro groups is 1. The van der Waals surface area contributed by atoms with Crippen LogP contribution in [0.3, 0.4) is 0 Å². The van der Waals surface area contributed by atoms with Crippen LogP contribution in [-0.2, 0) is 7.05 Å². The highest BCUT2D eigenvalue weighted by molar-refractivity contribution is 6.33.